The standard InChI is InChI=1S/C9H5ClF3N3O/c10-4-1-2-5(6(14)3-4)7-15-8(16-17-7)9(11,12)13/h1-3H,14H2. The summed E-state index contributed by atoms with van der Waals surface area (Å²) in [6.45, 7) is 0. The fourth-order valence-electron chi connectivity index (χ4n) is 1.18. The number of nitrogen functional groups attached to an aromatic ring is 1. The molecule has 0 bridgehead atoms. The van der Waals surface area contributed by atoms with Crippen LogP contribution >= 0.6 is 11.6 Å². The van der Waals surface area contributed by atoms with Gasteiger partial charge in [-0.2, -0.15) is 18.2 Å². The highest BCUT2D eigenvalue weighted by Crippen LogP contribution is 2.31. The monoisotopic (exact) mass is 263 g/mol. The molecular weight excluding hydrogens is 259 g/mol. The molecule has 17 heavy (non-hydrogen) atoms. The second-order valence-electron chi connectivity index (χ2n) is 3.15. The van der Waals surface area contributed by atoms with Crippen LogP contribution in [0.4, 0.5) is 18.9 Å². The van der Waals surface area contributed by atoms with Gasteiger partial charge in [0, 0.05) is 10.7 Å². The predicted octanol–water partition coefficient (Wildman–Crippen LogP) is 2.99. The molecule has 2 rings (SSSR count). The van der Waals surface area contributed by atoms with Crippen LogP contribution in [0.2, 0.25) is 5.02 Å². The molecule has 0 saturated heterocycles. The van der Waals surface area contributed by atoms with Crippen LogP contribution in [0.3, 0.4) is 0 Å². The normalized spacial score (nSPS) is 11.8. The third-order valence-corrected chi connectivity index (χ3v) is 2.16. The summed E-state index contributed by atoms with van der Waals surface area (Å²) >= 11 is 5.66. The van der Waals surface area contributed by atoms with Gasteiger partial charge in [0.05, 0.1) is 5.56 Å². The highest BCUT2D eigenvalue weighted by molar-refractivity contribution is 6.31. The van der Waals surface area contributed by atoms with Gasteiger partial charge in [0.1, 0.15) is 0 Å². The van der Waals surface area contributed by atoms with Gasteiger partial charge in [0.2, 0.25) is 0 Å². The van der Waals surface area contributed by atoms with Crippen molar-refractivity contribution in [2.45, 2.75) is 6.18 Å². The molecule has 0 fully saturated rings. The van der Waals surface area contributed by atoms with Crippen molar-refractivity contribution in [3.05, 3.63) is 29.0 Å². The molecule has 0 aliphatic rings. The van der Waals surface area contributed by atoms with Gasteiger partial charge in [-0.3, -0.25) is 0 Å². The van der Waals surface area contributed by atoms with E-state index in [2.05, 4.69) is 14.7 Å². The zero-order chi connectivity index (χ0) is 12.6. The topological polar surface area (TPSA) is 64.9 Å². The molecule has 8 heteroatoms. The molecule has 0 spiro atoms. The number of benzene rings is 1. The molecule has 0 saturated carbocycles. The van der Waals surface area contributed by atoms with Gasteiger partial charge in [0.25, 0.3) is 11.7 Å². The lowest BCUT2D eigenvalue weighted by molar-refractivity contribution is -0.146. The summed E-state index contributed by atoms with van der Waals surface area (Å²) in [6.07, 6.45) is -4.65. The van der Waals surface area contributed by atoms with E-state index in [0.29, 0.717) is 5.02 Å². The Hall–Kier alpha value is -1.76. The third-order valence-electron chi connectivity index (χ3n) is 1.92. The van der Waals surface area contributed by atoms with Crippen molar-refractivity contribution in [2.75, 3.05) is 5.73 Å². The van der Waals surface area contributed by atoms with E-state index >= 15 is 0 Å². The molecule has 0 atom stereocenters. The maximum absolute atomic E-state index is 12.2. The highest BCUT2D eigenvalue weighted by atomic mass is 35.5. The number of alkyl halides is 3. The lowest BCUT2D eigenvalue weighted by Gasteiger charge is -2.00. The van der Waals surface area contributed by atoms with Crippen LogP contribution in [-0.2, 0) is 6.18 Å². The first-order valence-electron chi connectivity index (χ1n) is 4.34. The molecule has 2 N–H and O–H groups in total. The van der Waals surface area contributed by atoms with E-state index in [9.17, 15) is 13.2 Å². The molecule has 1 aromatic carbocycles. The lowest BCUT2D eigenvalue weighted by Crippen LogP contribution is -2.07. The van der Waals surface area contributed by atoms with Gasteiger partial charge >= 0.3 is 6.18 Å². The highest BCUT2D eigenvalue weighted by Gasteiger charge is 2.37. The minimum atomic E-state index is -4.65. The number of rotatable bonds is 1. The maximum atomic E-state index is 12.2. The Bertz CT molecular complexity index is 553. The van der Waals surface area contributed by atoms with Crippen molar-refractivity contribution >= 4 is 17.3 Å². The molecular formula is C9H5ClF3N3O. The predicted molar refractivity (Wildman–Crippen MR) is 54.2 cm³/mol. The van der Waals surface area contributed by atoms with Crippen molar-refractivity contribution in [1.29, 1.82) is 0 Å². The van der Waals surface area contributed by atoms with Crippen molar-refractivity contribution in [2.24, 2.45) is 0 Å². The largest absolute Gasteiger partial charge is 0.455 e. The molecule has 2 aromatic rings. The van der Waals surface area contributed by atoms with Crippen LogP contribution in [-0.4, -0.2) is 10.1 Å². The van der Waals surface area contributed by atoms with Gasteiger partial charge in [-0.1, -0.05) is 16.8 Å². The maximum Gasteiger partial charge on any atom is 0.455 e. The average molecular weight is 264 g/mol. The van der Waals surface area contributed by atoms with Crippen LogP contribution in [0.25, 0.3) is 11.5 Å². The molecule has 0 aliphatic heterocycles. The van der Waals surface area contributed by atoms with E-state index in [1.807, 2.05) is 0 Å². The van der Waals surface area contributed by atoms with Crippen LogP contribution < -0.4 is 5.73 Å². The molecule has 0 radical (unpaired) electrons. The second-order valence-corrected chi connectivity index (χ2v) is 3.59. The Morgan fingerprint density at radius 2 is 2.00 bits per heavy atom. The van der Waals surface area contributed by atoms with Crippen molar-refractivity contribution in [3.63, 3.8) is 0 Å². The first kappa shape index (κ1) is 11.7. The summed E-state index contributed by atoms with van der Waals surface area (Å²) in [5, 5.41) is 3.19. The van der Waals surface area contributed by atoms with Gasteiger partial charge in [-0.15, -0.1) is 0 Å². The number of nitrogens with zero attached hydrogens (tertiary/aromatic N) is 2. The number of aromatic nitrogens is 2. The van der Waals surface area contributed by atoms with E-state index in [0.717, 1.165) is 0 Å². The number of anilines is 1. The Morgan fingerprint density at radius 1 is 1.29 bits per heavy atom. The van der Waals surface area contributed by atoms with Crippen LogP contribution in [0.1, 0.15) is 5.82 Å². The fraction of sp³-hybridized carbons (Fsp3) is 0.111. The van der Waals surface area contributed by atoms with E-state index in [4.69, 9.17) is 17.3 Å². The summed E-state index contributed by atoms with van der Waals surface area (Å²) in [7, 11) is 0. The number of halogens is 4. The van der Waals surface area contributed by atoms with Gasteiger partial charge in [-0.25, -0.2) is 0 Å². The third kappa shape index (κ3) is 2.33. The zero-order valence-corrected chi connectivity index (χ0v) is 8.88. The minimum Gasteiger partial charge on any atom is -0.398 e. The number of hydrogen-bond donors (Lipinski definition) is 1. The van der Waals surface area contributed by atoms with Crippen LogP contribution in [0, 0.1) is 0 Å². The first-order valence-corrected chi connectivity index (χ1v) is 4.72. The van der Waals surface area contributed by atoms with Crippen LogP contribution in [0.5, 0.6) is 0 Å². The quantitative estimate of drug-likeness (QED) is 0.803. The summed E-state index contributed by atoms with van der Waals surface area (Å²) in [5.74, 6) is -1.65. The summed E-state index contributed by atoms with van der Waals surface area (Å²) in [6, 6.07) is 4.25. The minimum absolute atomic E-state index is 0.162. The summed E-state index contributed by atoms with van der Waals surface area (Å²) in [5.41, 5.74) is 5.95. The first-order chi connectivity index (χ1) is 7.88. The molecule has 1 heterocycles. The molecule has 0 amide bonds. The zero-order valence-electron chi connectivity index (χ0n) is 8.12. The number of nitrogens with two attached hydrogens (primary N) is 1. The van der Waals surface area contributed by atoms with Gasteiger partial charge in [-0.05, 0) is 18.2 Å². The SMILES string of the molecule is Nc1cc(Cl)ccc1-c1nc(C(F)(F)F)no1. The van der Waals surface area contributed by atoms with Crippen molar-refractivity contribution < 1.29 is 17.7 Å². The average Bonchev–Trinajstić information content (AvgIpc) is 2.65. The fourth-order valence-corrected chi connectivity index (χ4v) is 1.36. The number of hydrogen-bond acceptors (Lipinski definition) is 4. The van der Waals surface area contributed by atoms with E-state index in [1.54, 1.807) is 0 Å². The molecule has 4 nitrogen and oxygen atoms in total. The molecule has 1 aromatic heterocycles. The smallest absolute Gasteiger partial charge is 0.398 e. The Balaban J connectivity index is 2.44. The van der Waals surface area contributed by atoms with Gasteiger partial charge in [0.15, 0.2) is 0 Å². The lowest BCUT2D eigenvalue weighted by atomic mass is 10.2. The Labute approximate surface area is 98.2 Å². The summed E-state index contributed by atoms with van der Waals surface area (Å²) in [4.78, 5) is 3.22. The Kier molecular flexibility index (Phi) is 2.70. The second kappa shape index (κ2) is 3.92. The van der Waals surface area contributed by atoms with E-state index in [1.165, 1.54) is 18.2 Å². The molecule has 0 aliphatic carbocycles. The van der Waals surface area contributed by atoms with Crippen molar-refractivity contribution in [3.8, 4) is 11.5 Å². The Morgan fingerprint density at radius 3 is 2.53 bits per heavy atom. The van der Waals surface area contributed by atoms with E-state index in [-0.39, 0.29) is 17.1 Å². The van der Waals surface area contributed by atoms with Crippen LogP contribution in [0.15, 0.2) is 22.7 Å². The van der Waals surface area contributed by atoms with Crippen molar-refractivity contribution in [1.82, 2.24) is 10.1 Å². The van der Waals surface area contributed by atoms with Gasteiger partial charge < -0.3 is 10.3 Å². The van der Waals surface area contributed by atoms with E-state index < -0.39 is 12.0 Å². The molecule has 0 unspecified atom stereocenters. The summed E-state index contributed by atoms with van der Waals surface area (Å²) < 4.78 is 41.2. The molecule has 90 valence electrons.